The molecule has 1 N–H and O–H groups in total. The van der Waals surface area contributed by atoms with Gasteiger partial charge in [-0.1, -0.05) is 86.6 Å². The number of carbonyl (C=O) groups excluding carboxylic acids is 1. The first-order valence-corrected chi connectivity index (χ1v) is 17.5. The molecule has 0 saturated heterocycles. The second-order valence-electron chi connectivity index (χ2n) is 13.0. The quantitative estimate of drug-likeness (QED) is 0.214. The molecule has 5 aromatic rings. The van der Waals surface area contributed by atoms with Gasteiger partial charge >= 0.3 is 0 Å². The maximum atomic E-state index is 13.5. The molecule has 45 heavy (non-hydrogen) atoms. The number of carbonyl (C=O) groups is 1. The van der Waals surface area contributed by atoms with Crippen molar-refractivity contribution in [1.29, 1.82) is 0 Å². The Kier molecular flexibility index (Phi) is 8.33. The number of pyridine rings is 2. The maximum absolute atomic E-state index is 13.5. The zero-order valence-electron chi connectivity index (χ0n) is 26.5. The number of benzene rings is 2. The molecule has 9 heteroatoms. The van der Waals surface area contributed by atoms with E-state index in [0.717, 1.165) is 31.2 Å². The van der Waals surface area contributed by atoms with Crippen molar-refractivity contribution in [3.05, 3.63) is 112 Å². The van der Waals surface area contributed by atoms with Gasteiger partial charge in [-0.15, -0.1) is 0 Å². The van der Waals surface area contributed by atoms with Crippen molar-refractivity contribution in [2.45, 2.75) is 77.5 Å². The largest absolute Gasteiger partial charge is 0.404 e. The van der Waals surface area contributed by atoms with Crippen LogP contribution < -0.4 is 21.1 Å². The molecule has 0 spiro atoms. The molecule has 1 fully saturated rings. The van der Waals surface area contributed by atoms with Crippen LogP contribution in [0.3, 0.4) is 0 Å². The van der Waals surface area contributed by atoms with E-state index in [9.17, 15) is 9.59 Å². The number of anilines is 1. The molecule has 1 amide bonds. The summed E-state index contributed by atoms with van der Waals surface area (Å²) in [6.45, 7) is 10.5. The van der Waals surface area contributed by atoms with Crippen LogP contribution in [0.4, 0.5) is 5.88 Å². The number of nitrogens with one attached hydrogen (secondary N) is 1. The number of amides is 1. The number of hydrogen-bond acceptors (Lipinski definition) is 6. The highest BCUT2D eigenvalue weighted by molar-refractivity contribution is 6.99. The van der Waals surface area contributed by atoms with Gasteiger partial charge in [-0.25, -0.2) is 4.98 Å². The predicted molar refractivity (Wildman–Crippen MR) is 180 cm³/mol. The van der Waals surface area contributed by atoms with E-state index in [4.69, 9.17) is 8.95 Å². The van der Waals surface area contributed by atoms with Gasteiger partial charge in [0.15, 0.2) is 0 Å². The molecule has 232 valence electrons. The van der Waals surface area contributed by atoms with Crippen molar-refractivity contribution in [3.63, 3.8) is 0 Å². The Labute approximate surface area is 264 Å². The van der Waals surface area contributed by atoms with Gasteiger partial charge in [0, 0.05) is 30.1 Å². The zero-order valence-corrected chi connectivity index (χ0v) is 27.5. The van der Waals surface area contributed by atoms with Gasteiger partial charge in [-0.05, 0) is 67.1 Å². The van der Waals surface area contributed by atoms with Gasteiger partial charge in [-0.3, -0.25) is 14.9 Å². The van der Waals surface area contributed by atoms with Gasteiger partial charge in [0.2, 0.25) is 11.3 Å². The van der Waals surface area contributed by atoms with Gasteiger partial charge in [0.05, 0.1) is 11.1 Å². The summed E-state index contributed by atoms with van der Waals surface area (Å²) in [6.07, 6.45) is 6.81. The molecule has 1 aliphatic rings. The second kappa shape index (κ2) is 12.2. The van der Waals surface area contributed by atoms with E-state index in [1.807, 2.05) is 11.5 Å². The summed E-state index contributed by atoms with van der Waals surface area (Å²) in [5.41, 5.74) is 1.69. The first-order valence-electron chi connectivity index (χ1n) is 15.6. The van der Waals surface area contributed by atoms with Gasteiger partial charge in [0.25, 0.3) is 14.2 Å². The fourth-order valence-corrected chi connectivity index (χ4v) is 11.5. The summed E-state index contributed by atoms with van der Waals surface area (Å²) in [5, 5.41) is 9.52. The third-order valence-corrected chi connectivity index (χ3v) is 14.3. The molecule has 0 bridgehead atoms. The normalized spacial score (nSPS) is 17.4. The van der Waals surface area contributed by atoms with Crippen LogP contribution in [-0.4, -0.2) is 35.0 Å². The Balaban J connectivity index is 1.31. The Morgan fingerprint density at radius 1 is 0.933 bits per heavy atom. The van der Waals surface area contributed by atoms with Crippen molar-refractivity contribution in [2.24, 2.45) is 0 Å². The molecule has 6 rings (SSSR count). The van der Waals surface area contributed by atoms with Crippen LogP contribution in [-0.2, 0) is 4.43 Å². The van der Waals surface area contributed by atoms with Crippen molar-refractivity contribution in [2.75, 3.05) is 5.32 Å². The van der Waals surface area contributed by atoms with E-state index in [0.29, 0.717) is 16.7 Å². The minimum absolute atomic E-state index is 0.0506. The average Bonchev–Trinajstić information content (AvgIpc) is 3.36. The van der Waals surface area contributed by atoms with Crippen LogP contribution in [0.1, 0.15) is 74.1 Å². The molecule has 1 saturated carbocycles. The summed E-state index contributed by atoms with van der Waals surface area (Å²) in [6, 6.07) is 25.0. The first-order chi connectivity index (χ1) is 21.6. The zero-order chi connectivity index (χ0) is 31.8. The molecule has 2 aromatic carbocycles. The standard InChI is InChI=1S/C36H40N4O4Si/c1-24-25(2)39-43-35(24)38-34(42)31-23-40(33-30(32(31)41)17-12-22-37-33)26-18-20-27(21-19-26)44-45(36(3,4)5,28-13-8-6-9-14-28)29-15-10-7-11-16-29/h6-17,22-23,26-27H,18-21H2,1-5H3,(H,38,42)/t26-,27-. The summed E-state index contributed by atoms with van der Waals surface area (Å²) in [7, 11) is -2.68. The smallest absolute Gasteiger partial charge is 0.263 e. The number of rotatable bonds is 7. The SMILES string of the molecule is Cc1noc(NC(=O)c2cn([C@H]3CC[C@H](O[Si](c4ccccc4)(c4ccccc4)C(C)(C)C)CC3)c3ncccc3c2=O)c1C. The average molecular weight is 621 g/mol. The van der Waals surface area contributed by atoms with Crippen molar-refractivity contribution in [3.8, 4) is 0 Å². The van der Waals surface area contributed by atoms with Crippen LogP contribution in [0.15, 0.2) is 94.5 Å². The Hall–Kier alpha value is -4.34. The Morgan fingerprint density at radius 2 is 1.56 bits per heavy atom. The van der Waals surface area contributed by atoms with Gasteiger partial charge in [0.1, 0.15) is 11.2 Å². The van der Waals surface area contributed by atoms with Crippen LogP contribution in [0.5, 0.6) is 0 Å². The van der Waals surface area contributed by atoms with Gasteiger partial charge in [-0.2, -0.15) is 0 Å². The molecule has 3 aromatic heterocycles. The van der Waals surface area contributed by atoms with E-state index in [1.54, 1.807) is 31.5 Å². The third-order valence-electron chi connectivity index (χ3n) is 9.21. The predicted octanol–water partition coefficient (Wildman–Crippen LogP) is 6.31. The van der Waals surface area contributed by atoms with E-state index < -0.39 is 14.2 Å². The molecule has 0 atom stereocenters. The van der Waals surface area contributed by atoms with Crippen LogP contribution in [0.25, 0.3) is 11.0 Å². The summed E-state index contributed by atoms with van der Waals surface area (Å²) < 4.78 is 14.7. The third kappa shape index (κ3) is 5.66. The molecule has 0 aliphatic heterocycles. The first kappa shape index (κ1) is 30.7. The molecule has 8 nitrogen and oxygen atoms in total. The number of hydrogen-bond donors (Lipinski definition) is 1. The second-order valence-corrected chi connectivity index (χ2v) is 17.3. The molecule has 0 radical (unpaired) electrons. The fourth-order valence-electron chi connectivity index (χ4n) is 6.71. The number of aromatic nitrogens is 3. The fraction of sp³-hybridized carbons (Fsp3) is 0.333. The lowest BCUT2D eigenvalue weighted by molar-refractivity contribution is 0.102. The van der Waals surface area contributed by atoms with E-state index >= 15 is 0 Å². The molecule has 1 aliphatic carbocycles. The molecule has 3 heterocycles. The summed E-state index contributed by atoms with van der Waals surface area (Å²) in [5.74, 6) is -0.279. The molecular formula is C36H40N4O4Si. The minimum atomic E-state index is -2.68. The van der Waals surface area contributed by atoms with E-state index in [1.165, 1.54) is 10.4 Å². The number of fused-ring (bicyclic) bond motifs is 1. The molecular weight excluding hydrogens is 581 g/mol. The van der Waals surface area contributed by atoms with Crippen LogP contribution >= 0.6 is 0 Å². The monoisotopic (exact) mass is 620 g/mol. The minimum Gasteiger partial charge on any atom is -0.404 e. The van der Waals surface area contributed by atoms with E-state index in [-0.39, 0.29) is 34.1 Å². The Bertz CT molecular complexity index is 1830. The molecule has 0 unspecified atom stereocenters. The lowest BCUT2D eigenvalue weighted by Gasteiger charge is -2.46. The highest BCUT2D eigenvalue weighted by Crippen LogP contribution is 2.40. The van der Waals surface area contributed by atoms with Gasteiger partial charge < -0.3 is 13.5 Å². The van der Waals surface area contributed by atoms with E-state index in [2.05, 4.69) is 96.9 Å². The highest BCUT2D eigenvalue weighted by Gasteiger charge is 2.51. The summed E-state index contributed by atoms with van der Waals surface area (Å²) >= 11 is 0. The lowest BCUT2D eigenvalue weighted by Crippen LogP contribution is -2.67. The Morgan fingerprint density at radius 3 is 2.11 bits per heavy atom. The highest BCUT2D eigenvalue weighted by atomic mass is 28.4. The van der Waals surface area contributed by atoms with Crippen molar-refractivity contribution >= 4 is 41.5 Å². The van der Waals surface area contributed by atoms with Crippen molar-refractivity contribution < 1.29 is 13.7 Å². The van der Waals surface area contributed by atoms with Crippen molar-refractivity contribution in [1.82, 2.24) is 14.7 Å². The maximum Gasteiger partial charge on any atom is 0.263 e. The van der Waals surface area contributed by atoms with Crippen LogP contribution in [0.2, 0.25) is 5.04 Å². The summed E-state index contributed by atoms with van der Waals surface area (Å²) in [4.78, 5) is 31.5. The topological polar surface area (TPSA) is 99.2 Å². The number of nitrogens with zero attached hydrogens (tertiary/aromatic N) is 3. The van der Waals surface area contributed by atoms with Crippen LogP contribution in [0, 0.1) is 13.8 Å². The number of aryl methyl sites for hydroxylation is 1. The lowest BCUT2D eigenvalue weighted by atomic mass is 9.92.